The van der Waals surface area contributed by atoms with Crippen LogP contribution in [0.15, 0.2) is 10.5 Å². The molecule has 3 heteroatoms. The zero-order valence-electron chi connectivity index (χ0n) is 6.84. The predicted octanol–water partition coefficient (Wildman–Crippen LogP) is 2.50. The van der Waals surface area contributed by atoms with Gasteiger partial charge in [0.2, 0.25) is 0 Å². The third-order valence-corrected chi connectivity index (χ3v) is 3.74. The Morgan fingerprint density at radius 2 is 2.00 bits per heavy atom. The largest absolute Gasteiger partial charge is 0.240 e. The van der Waals surface area contributed by atoms with E-state index in [4.69, 9.17) is 0 Å². The molecule has 0 aliphatic carbocycles. The summed E-state index contributed by atoms with van der Waals surface area (Å²) in [5, 5.41) is 1.32. The van der Waals surface area contributed by atoms with Crippen LogP contribution in [-0.2, 0) is 0 Å². The first-order valence-electron chi connectivity index (χ1n) is 3.10. The lowest BCUT2D eigenvalue weighted by Gasteiger charge is -2.23. The standard InChI is InChI=1S/C7H13NS2/c1-6-7(8-5-9-6)10(2,3)4/h5H,1-4H3. The minimum atomic E-state index is -0.591. The van der Waals surface area contributed by atoms with E-state index in [1.807, 2.05) is 5.51 Å². The molecular weight excluding hydrogens is 162 g/mol. The van der Waals surface area contributed by atoms with Crippen molar-refractivity contribution in [3.8, 4) is 0 Å². The lowest BCUT2D eigenvalue weighted by Crippen LogP contribution is -1.94. The molecule has 0 saturated carbocycles. The normalized spacial score (nSPS) is 13.6. The molecule has 0 aromatic carbocycles. The summed E-state index contributed by atoms with van der Waals surface area (Å²) >= 11 is 1.74. The summed E-state index contributed by atoms with van der Waals surface area (Å²) in [6.07, 6.45) is 6.82. The van der Waals surface area contributed by atoms with E-state index in [0.717, 1.165) is 0 Å². The second-order valence-electron chi connectivity index (χ2n) is 3.05. The molecule has 0 aliphatic heterocycles. The maximum absolute atomic E-state index is 4.34. The summed E-state index contributed by atoms with van der Waals surface area (Å²) in [7, 11) is -0.591. The van der Waals surface area contributed by atoms with Crippen molar-refractivity contribution in [2.45, 2.75) is 11.9 Å². The number of hydrogen-bond acceptors (Lipinski definition) is 2. The highest BCUT2D eigenvalue weighted by atomic mass is 32.3. The first-order chi connectivity index (χ1) is 4.52. The Morgan fingerprint density at radius 3 is 2.20 bits per heavy atom. The first kappa shape index (κ1) is 8.08. The van der Waals surface area contributed by atoms with Crippen molar-refractivity contribution in [1.82, 2.24) is 4.98 Å². The minimum absolute atomic E-state index is 0.591. The van der Waals surface area contributed by atoms with Gasteiger partial charge in [-0.3, -0.25) is 0 Å². The third kappa shape index (κ3) is 1.52. The molecule has 58 valence electrons. The van der Waals surface area contributed by atoms with Gasteiger partial charge in [0.15, 0.2) is 0 Å². The van der Waals surface area contributed by atoms with Crippen LogP contribution in [0.2, 0.25) is 0 Å². The summed E-state index contributed by atoms with van der Waals surface area (Å²) in [5.41, 5.74) is 1.93. The quantitative estimate of drug-likeness (QED) is 0.639. The van der Waals surface area contributed by atoms with Crippen LogP contribution in [0.25, 0.3) is 0 Å². The fourth-order valence-electron chi connectivity index (χ4n) is 0.884. The van der Waals surface area contributed by atoms with Gasteiger partial charge in [0.1, 0.15) is 0 Å². The van der Waals surface area contributed by atoms with Gasteiger partial charge >= 0.3 is 0 Å². The molecule has 1 aromatic rings. The third-order valence-electron chi connectivity index (χ3n) is 1.28. The summed E-state index contributed by atoms with van der Waals surface area (Å²) in [6.45, 7) is 2.14. The summed E-state index contributed by atoms with van der Waals surface area (Å²) in [5.74, 6) is 0. The molecule has 0 atom stereocenters. The van der Waals surface area contributed by atoms with E-state index in [2.05, 4.69) is 30.7 Å². The van der Waals surface area contributed by atoms with E-state index in [0.29, 0.717) is 0 Å². The molecule has 0 unspecified atom stereocenters. The van der Waals surface area contributed by atoms with Crippen LogP contribution in [0.1, 0.15) is 4.88 Å². The number of rotatable bonds is 1. The van der Waals surface area contributed by atoms with Crippen LogP contribution in [0.4, 0.5) is 0 Å². The minimum Gasteiger partial charge on any atom is -0.240 e. The molecule has 1 heterocycles. The molecule has 0 fully saturated rings. The van der Waals surface area contributed by atoms with E-state index in [-0.39, 0.29) is 0 Å². The molecule has 1 rings (SSSR count). The molecular formula is C7H13NS2. The molecule has 10 heavy (non-hydrogen) atoms. The Hall–Kier alpha value is -0.0200. The van der Waals surface area contributed by atoms with E-state index >= 15 is 0 Å². The van der Waals surface area contributed by atoms with E-state index in [9.17, 15) is 0 Å². The van der Waals surface area contributed by atoms with E-state index < -0.39 is 10.0 Å². The van der Waals surface area contributed by atoms with Crippen molar-refractivity contribution >= 4 is 21.4 Å². The first-order valence-corrected chi connectivity index (χ1v) is 6.84. The summed E-state index contributed by atoms with van der Waals surface area (Å²) < 4.78 is 0. The Morgan fingerprint density at radius 1 is 1.40 bits per heavy atom. The molecule has 0 aliphatic rings. The molecule has 1 nitrogen and oxygen atoms in total. The second-order valence-corrected chi connectivity index (χ2v) is 8.17. The van der Waals surface area contributed by atoms with Crippen LogP contribution >= 0.6 is 21.4 Å². The molecule has 0 radical (unpaired) electrons. The van der Waals surface area contributed by atoms with Crippen LogP contribution in [-0.4, -0.2) is 23.8 Å². The fourth-order valence-corrected chi connectivity index (χ4v) is 3.55. The Bertz CT molecular complexity index is 222. The van der Waals surface area contributed by atoms with E-state index in [1.54, 1.807) is 11.3 Å². The maximum atomic E-state index is 4.34. The molecule has 1 aromatic heterocycles. The second kappa shape index (κ2) is 2.55. The van der Waals surface area contributed by atoms with Crippen LogP contribution in [0, 0.1) is 6.92 Å². The highest BCUT2D eigenvalue weighted by molar-refractivity contribution is 8.32. The van der Waals surface area contributed by atoms with E-state index in [1.165, 1.54) is 9.90 Å². The molecule has 0 amide bonds. The van der Waals surface area contributed by atoms with Gasteiger partial charge in [0, 0.05) is 4.88 Å². The average molecular weight is 175 g/mol. The SMILES string of the molecule is Cc1scnc1S(C)(C)C. The number of hydrogen-bond donors (Lipinski definition) is 0. The van der Waals surface area contributed by atoms with Gasteiger partial charge in [0.25, 0.3) is 0 Å². The fraction of sp³-hybridized carbons (Fsp3) is 0.571. The van der Waals surface area contributed by atoms with Gasteiger partial charge in [-0.1, -0.05) is 0 Å². The van der Waals surface area contributed by atoms with Gasteiger partial charge in [-0.05, 0) is 25.7 Å². The van der Waals surface area contributed by atoms with Gasteiger partial charge in [0.05, 0.1) is 10.5 Å². The van der Waals surface area contributed by atoms with Crippen molar-refractivity contribution < 1.29 is 0 Å². The van der Waals surface area contributed by atoms with Gasteiger partial charge < -0.3 is 0 Å². The van der Waals surface area contributed by atoms with Crippen molar-refractivity contribution in [3.05, 3.63) is 10.4 Å². The number of aromatic nitrogens is 1. The monoisotopic (exact) mass is 175 g/mol. The van der Waals surface area contributed by atoms with Crippen LogP contribution in [0.3, 0.4) is 0 Å². The van der Waals surface area contributed by atoms with Crippen molar-refractivity contribution in [1.29, 1.82) is 0 Å². The van der Waals surface area contributed by atoms with Crippen molar-refractivity contribution in [3.63, 3.8) is 0 Å². The smallest absolute Gasteiger partial charge is 0.0921 e. The van der Waals surface area contributed by atoms with Crippen LogP contribution < -0.4 is 0 Å². The lowest BCUT2D eigenvalue weighted by atomic mass is 10.6. The number of nitrogens with zero attached hydrogens (tertiary/aromatic N) is 1. The highest BCUT2D eigenvalue weighted by Gasteiger charge is 2.12. The zero-order valence-corrected chi connectivity index (χ0v) is 8.47. The van der Waals surface area contributed by atoms with Crippen molar-refractivity contribution in [2.24, 2.45) is 0 Å². The topological polar surface area (TPSA) is 12.9 Å². The highest BCUT2D eigenvalue weighted by Crippen LogP contribution is 2.46. The molecule has 0 saturated heterocycles. The van der Waals surface area contributed by atoms with Gasteiger partial charge in [-0.15, -0.1) is 11.3 Å². The van der Waals surface area contributed by atoms with Gasteiger partial charge in [-0.25, -0.2) is 15.0 Å². The Kier molecular flexibility index (Phi) is 2.06. The number of aryl methyl sites for hydroxylation is 1. The maximum Gasteiger partial charge on any atom is 0.0921 e. The molecule has 0 bridgehead atoms. The van der Waals surface area contributed by atoms with Crippen LogP contribution in [0.5, 0.6) is 0 Å². The summed E-state index contributed by atoms with van der Waals surface area (Å²) in [6, 6.07) is 0. The number of thiazole rings is 1. The lowest BCUT2D eigenvalue weighted by molar-refractivity contribution is 1.15. The summed E-state index contributed by atoms with van der Waals surface area (Å²) in [4.78, 5) is 5.72. The zero-order chi connectivity index (χ0) is 7.78. The van der Waals surface area contributed by atoms with Crippen molar-refractivity contribution in [2.75, 3.05) is 18.8 Å². The predicted molar refractivity (Wildman–Crippen MR) is 50.5 cm³/mol. The molecule has 0 N–H and O–H groups in total. The Balaban J connectivity index is 3.05. The average Bonchev–Trinajstić information content (AvgIpc) is 2.11. The van der Waals surface area contributed by atoms with Gasteiger partial charge in [-0.2, -0.15) is 0 Å². The Labute approximate surface area is 67.8 Å². The molecule has 0 spiro atoms.